The van der Waals surface area contributed by atoms with E-state index < -0.39 is 0 Å². The molecule has 0 radical (unpaired) electrons. The van der Waals surface area contributed by atoms with Gasteiger partial charge in [-0.05, 0) is 54.4 Å². The highest BCUT2D eigenvalue weighted by Crippen LogP contribution is 2.85. The van der Waals surface area contributed by atoms with E-state index in [1.54, 1.807) is 0 Å². The quantitative estimate of drug-likeness (QED) is 0.603. The Morgan fingerprint density at radius 2 is 2.12 bits per heavy atom. The van der Waals surface area contributed by atoms with Crippen molar-refractivity contribution in [1.82, 2.24) is 0 Å². The van der Waals surface area contributed by atoms with E-state index in [0.29, 0.717) is 11.5 Å². The average molecular weight is 218 g/mol. The van der Waals surface area contributed by atoms with Crippen LogP contribution in [0.3, 0.4) is 0 Å². The monoisotopic (exact) mass is 218 g/mol. The number of fused-ring (bicyclic) bond motifs is 2. The largest absolute Gasteiger partial charge is 0.498 e. The summed E-state index contributed by atoms with van der Waals surface area (Å²) in [6, 6.07) is 0. The minimum Gasteiger partial charge on any atom is -0.498 e. The SMILES string of the molecule is CC1C2C(C)[C@]23CC[C@@H]2OC=CC[C@@]2(C)C13. The fourth-order valence-electron chi connectivity index (χ4n) is 6.32. The summed E-state index contributed by atoms with van der Waals surface area (Å²) in [7, 11) is 0. The first-order valence-electron chi connectivity index (χ1n) is 6.93. The third-order valence-corrected chi connectivity index (χ3v) is 6.75. The first-order valence-corrected chi connectivity index (χ1v) is 6.93. The van der Waals surface area contributed by atoms with Crippen LogP contribution in [0.2, 0.25) is 0 Å². The maximum absolute atomic E-state index is 5.90. The van der Waals surface area contributed by atoms with Crippen molar-refractivity contribution in [3.8, 4) is 0 Å². The van der Waals surface area contributed by atoms with Crippen LogP contribution in [0.15, 0.2) is 12.3 Å². The number of allylic oxidation sites excluding steroid dienone is 1. The molecule has 0 bridgehead atoms. The lowest BCUT2D eigenvalue weighted by molar-refractivity contribution is -0.156. The van der Waals surface area contributed by atoms with Gasteiger partial charge in [-0.1, -0.05) is 20.8 Å². The first-order chi connectivity index (χ1) is 7.62. The van der Waals surface area contributed by atoms with Gasteiger partial charge in [-0.15, -0.1) is 0 Å². The van der Waals surface area contributed by atoms with Gasteiger partial charge in [0.1, 0.15) is 6.10 Å². The van der Waals surface area contributed by atoms with Gasteiger partial charge in [-0.2, -0.15) is 0 Å². The zero-order valence-electron chi connectivity index (χ0n) is 10.6. The summed E-state index contributed by atoms with van der Waals surface area (Å²) in [5.74, 6) is 3.93. The van der Waals surface area contributed by atoms with Crippen LogP contribution in [0.1, 0.15) is 40.0 Å². The molecule has 88 valence electrons. The normalized spacial score (nSPS) is 65.8. The second-order valence-corrected chi connectivity index (χ2v) is 7.01. The lowest BCUT2D eigenvalue weighted by Crippen LogP contribution is -2.57. The molecule has 0 aromatic rings. The maximum Gasteiger partial charge on any atom is 0.104 e. The zero-order valence-corrected chi connectivity index (χ0v) is 10.6. The summed E-state index contributed by atoms with van der Waals surface area (Å²) >= 11 is 0. The third kappa shape index (κ3) is 0.743. The lowest BCUT2D eigenvalue weighted by Gasteiger charge is -2.60. The van der Waals surface area contributed by atoms with Crippen LogP contribution in [0, 0.1) is 34.5 Å². The van der Waals surface area contributed by atoms with E-state index in [1.807, 2.05) is 6.26 Å². The Hall–Kier alpha value is -0.460. The predicted molar refractivity (Wildman–Crippen MR) is 63.7 cm³/mol. The van der Waals surface area contributed by atoms with E-state index in [0.717, 1.165) is 29.1 Å². The molecular formula is C15H22O. The van der Waals surface area contributed by atoms with E-state index in [-0.39, 0.29) is 0 Å². The van der Waals surface area contributed by atoms with Gasteiger partial charge in [0.05, 0.1) is 6.26 Å². The molecule has 4 aliphatic rings. The second-order valence-electron chi connectivity index (χ2n) is 7.01. The number of ether oxygens (including phenoxy) is 1. The Morgan fingerprint density at radius 3 is 2.88 bits per heavy atom. The fourth-order valence-corrected chi connectivity index (χ4v) is 6.32. The number of hydrogen-bond acceptors (Lipinski definition) is 1. The lowest BCUT2D eigenvalue weighted by atomic mass is 9.47. The van der Waals surface area contributed by atoms with Gasteiger partial charge < -0.3 is 4.74 Å². The van der Waals surface area contributed by atoms with Gasteiger partial charge in [0.2, 0.25) is 0 Å². The summed E-state index contributed by atoms with van der Waals surface area (Å²) in [5, 5.41) is 0. The van der Waals surface area contributed by atoms with Crippen molar-refractivity contribution in [3.63, 3.8) is 0 Å². The molecule has 0 amide bonds. The van der Waals surface area contributed by atoms with Gasteiger partial charge in [-0.25, -0.2) is 0 Å². The summed E-state index contributed by atoms with van der Waals surface area (Å²) in [6.07, 6.45) is 8.68. The van der Waals surface area contributed by atoms with Crippen molar-refractivity contribution in [2.24, 2.45) is 34.5 Å². The second kappa shape index (κ2) is 2.52. The number of hydrogen-bond donors (Lipinski definition) is 0. The van der Waals surface area contributed by atoms with Crippen molar-refractivity contribution in [2.45, 2.75) is 46.1 Å². The van der Waals surface area contributed by atoms with E-state index in [4.69, 9.17) is 4.74 Å². The molecule has 1 spiro atoms. The Morgan fingerprint density at radius 1 is 1.31 bits per heavy atom. The van der Waals surface area contributed by atoms with Crippen molar-refractivity contribution >= 4 is 0 Å². The Balaban J connectivity index is 1.75. The fraction of sp³-hybridized carbons (Fsp3) is 0.867. The molecule has 1 aliphatic heterocycles. The van der Waals surface area contributed by atoms with Gasteiger partial charge in [0.25, 0.3) is 0 Å². The third-order valence-electron chi connectivity index (χ3n) is 6.75. The van der Waals surface area contributed by atoms with Crippen LogP contribution in [-0.2, 0) is 4.74 Å². The van der Waals surface area contributed by atoms with E-state index in [1.165, 1.54) is 19.3 Å². The standard InChI is InChI=1S/C15H22O/c1-9-12-10(2)15(12)7-5-11-14(3,13(9)15)6-4-8-16-11/h4,8-13H,5-7H2,1-3H3/t9?,10?,11-,12?,13?,14+,15+/m0/s1. The molecule has 4 rings (SSSR count). The van der Waals surface area contributed by atoms with Gasteiger partial charge in [-0.3, -0.25) is 0 Å². The Bertz CT molecular complexity index is 374. The minimum atomic E-state index is 0.438. The molecule has 0 saturated heterocycles. The highest BCUT2D eigenvalue weighted by molar-refractivity contribution is 5.29. The van der Waals surface area contributed by atoms with Gasteiger partial charge in [0, 0.05) is 5.41 Å². The van der Waals surface area contributed by atoms with Gasteiger partial charge >= 0.3 is 0 Å². The smallest absolute Gasteiger partial charge is 0.104 e. The Labute approximate surface area is 98.2 Å². The molecule has 7 atom stereocenters. The summed E-state index contributed by atoms with van der Waals surface area (Å²) in [5.41, 5.74) is 1.19. The summed E-state index contributed by atoms with van der Waals surface area (Å²) < 4.78 is 5.90. The zero-order chi connectivity index (χ0) is 11.1. The molecule has 4 unspecified atom stereocenters. The summed E-state index contributed by atoms with van der Waals surface area (Å²) in [6.45, 7) is 7.47. The van der Waals surface area contributed by atoms with Crippen LogP contribution in [0.25, 0.3) is 0 Å². The van der Waals surface area contributed by atoms with Crippen LogP contribution in [-0.4, -0.2) is 6.10 Å². The van der Waals surface area contributed by atoms with E-state index >= 15 is 0 Å². The molecule has 0 aromatic heterocycles. The molecule has 1 heteroatoms. The molecule has 3 aliphatic carbocycles. The molecular weight excluding hydrogens is 196 g/mol. The van der Waals surface area contributed by atoms with Crippen LogP contribution < -0.4 is 0 Å². The van der Waals surface area contributed by atoms with E-state index in [2.05, 4.69) is 26.8 Å². The highest BCUT2D eigenvalue weighted by Gasteiger charge is 2.81. The Kier molecular flexibility index (Phi) is 1.50. The maximum atomic E-state index is 5.90. The molecule has 3 fully saturated rings. The minimum absolute atomic E-state index is 0.438. The molecule has 1 heterocycles. The average Bonchev–Trinajstić information content (AvgIpc) is 2.73. The predicted octanol–water partition coefficient (Wildman–Crippen LogP) is 3.61. The highest BCUT2D eigenvalue weighted by atomic mass is 16.5. The first kappa shape index (κ1) is 9.56. The molecule has 0 N–H and O–H groups in total. The van der Waals surface area contributed by atoms with Crippen LogP contribution in [0.4, 0.5) is 0 Å². The topological polar surface area (TPSA) is 9.23 Å². The van der Waals surface area contributed by atoms with Gasteiger partial charge in [0.15, 0.2) is 0 Å². The van der Waals surface area contributed by atoms with Crippen molar-refractivity contribution in [3.05, 3.63) is 12.3 Å². The van der Waals surface area contributed by atoms with Crippen molar-refractivity contribution < 1.29 is 4.74 Å². The van der Waals surface area contributed by atoms with Crippen LogP contribution in [0.5, 0.6) is 0 Å². The molecule has 0 aromatic carbocycles. The molecule has 3 saturated carbocycles. The van der Waals surface area contributed by atoms with Crippen LogP contribution >= 0.6 is 0 Å². The molecule has 1 nitrogen and oxygen atoms in total. The summed E-state index contributed by atoms with van der Waals surface area (Å²) in [4.78, 5) is 0. The van der Waals surface area contributed by atoms with Crippen molar-refractivity contribution in [2.75, 3.05) is 0 Å². The van der Waals surface area contributed by atoms with E-state index in [9.17, 15) is 0 Å². The number of rotatable bonds is 0. The van der Waals surface area contributed by atoms with Crippen molar-refractivity contribution in [1.29, 1.82) is 0 Å². The molecule has 16 heavy (non-hydrogen) atoms.